The van der Waals surface area contributed by atoms with Gasteiger partial charge in [0.15, 0.2) is 0 Å². The monoisotopic (exact) mass is 391 g/mol. The third-order valence-electron chi connectivity index (χ3n) is 5.65. The van der Waals surface area contributed by atoms with Crippen molar-refractivity contribution in [1.29, 1.82) is 0 Å². The maximum atomic E-state index is 13.0. The second-order valence-corrected chi connectivity index (χ2v) is 7.62. The minimum absolute atomic E-state index is 0.0318. The van der Waals surface area contributed by atoms with Crippen molar-refractivity contribution < 1.29 is 14.4 Å². The summed E-state index contributed by atoms with van der Waals surface area (Å²) in [5.74, 6) is -0.293. The van der Waals surface area contributed by atoms with Crippen molar-refractivity contribution in [2.24, 2.45) is 0 Å². The number of carbonyl (C=O) groups excluding carboxylic acids is 3. The van der Waals surface area contributed by atoms with E-state index in [0.717, 1.165) is 17.7 Å². The van der Waals surface area contributed by atoms with Crippen LogP contribution in [0.15, 0.2) is 48.5 Å². The van der Waals surface area contributed by atoms with Crippen LogP contribution in [-0.2, 0) is 9.59 Å². The lowest BCUT2D eigenvalue weighted by atomic mass is 10.0. The molecule has 2 heterocycles. The van der Waals surface area contributed by atoms with Gasteiger partial charge in [0.25, 0.3) is 5.91 Å². The Balaban J connectivity index is 1.65. The Hall–Kier alpha value is -3.15. The first-order chi connectivity index (χ1) is 14.0. The van der Waals surface area contributed by atoms with Gasteiger partial charge in [0.2, 0.25) is 11.8 Å². The average molecular weight is 391 g/mol. The lowest BCUT2D eigenvalue weighted by Crippen LogP contribution is -2.52. The Morgan fingerprint density at radius 3 is 2.62 bits per heavy atom. The average Bonchev–Trinajstić information content (AvgIpc) is 3.13. The Morgan fingerprint density at radius 1 is 1.14 bits per heavy atom. The molecular formula is C23H25N3O3. The molecule has 150 valence electrons. The third kappa shape index (κ3) is 3.39. The smallest absolute Gasteiger partial charge is 0.251 e. The van der Waals surface area contributed by atoms with Crippen molar-refractivity contribution in [3.8, 4) is 0 Å². The van der Waals surface area contributed by atoms with Gasteiger partial charge >= 0.3 is 0 Å². The maximum Gasteiger partial charge on any atom is 0.251 e. The molecule has 0 bridgehead atoms. The molecule has 29 heavy (non-hydrogen) atoms. The number of hydrogen-bond donors (Lipinski definition) is 1. The van der Waals surface area contributed by atoms with Crippen molar-refractivity contribution in [3.05, 3.63) is 59.7 Å². The molecule has 1 saturated heterocycles. The number of fused-ring (bicyclic) bond motifs is 3. The van der Waals surface area contributed by atoms with Crippen LogP contribution in [0.4, 0.5) is 11.4 Å². The molecule has 3 amide bonds. The van der Waals surface area contributed by atoms with Crippen LogP contribution in [-0.4, -0.2) is 30.3 Å². The van der Waals surface area contributed by atoms with Crippen molar-refractivity contribution >= 4 is 29.1 Å². The molecule has 0 aromatic heterocycles. The number of hydrogen-bond acceptors (Lipinski definition) is 3. The van der Waals surface area contributed by atoms with Gasteiger partial charge in [0.1, 0.15) is 6.04 Å². The van der Waals surface area contributed by atoms with Gasteiger partial charge in [-0.05, 0) is 43.5 Å². The molecule has 6 heteroatoms. The van der Waals surface area contributed by atoms with Crippen molar-refractivity contribution in [1.82, 2.24) is 5.32 Å². The highest BCUT2D eigenvalue weighted by Crippen LogP contribution is 2.41. The highest BCUT2D eigenvalue weighted by atomic mass is 16.2. The zero-order chi connectivity index (χ0) is 20.5. The molecule has 2 aromatic rings. The predicted octanol–water partition coefficient (Wildman–Crippen LogP) is 3.43. The molecule has 2 aliphatic heterocycles. The first-order valence-electron chi connectivity index (χ1n) is 10.1. The van der Waals surface area contributed by atoms with Gasteiger partial charge in [-0.25, -0.2) is 0 Å². The van der Waals surface area contributed by atoms with Crippen LogP contribution in [0.2, 0.25) is 0 Å². The molecule has 4 rings (SSSR count). The first-order valence-corrected chi connectivity index (χ1v) is 10.1. The van der Waals surface area contributed by atoms with Crippen LogP contribution in [0.3, 0.4) is 0 Å². The maximum absolute atomic E-state index is 13.0. The second-order valence-electron chi connectivity index (χ2n) is 7.62. The Bertz CT molecular complexity index is 957. The van der Waals surface area contributed by atoms with Crippen LogP contribution in [0.25, 0.3) is 0 Å². The van der Waals surface area contributed by atoms with Crippen molar-refractivity contribution in [3.63, 3.8) is 0 Å². The summed E-state index contributed by atoms with van der Waals surface area (Å²) in [5, 5.41) is 3.01. The van der Waals surface area contributed by atoms with E-state index in [-0.39, 0.29) is 23.8 Å². The lowest BCUT2D eigenvalue weighted by Gasteiger charge is -2.38. The van der Waals surface area contributed by atoms with E-state index in [1.165, 1.54) is 0 Å². The minimum atomic E-state index is -0.417. The number of amides is 3. The molecule has 0 unspecified atom stereocenters. The van der Waals surface area contributed by atoms with Crippen molar-refractivity contribution in [2.45, 2.75) is 45.2 Å². The summed E-state index contributed by atoms with van der Waals surface area (Å²) < 4.78 is 0. The highest BCUT2D eigenvalue weighted by Gasteiger charge is 2.44. The fraction of sp³-hybridized carbons (Fsp3) is 0.348. The Morgan fingerprint density at radius 2 is 1.90 bits per heavy atom. The highest BCUT2D eigenvalue weighted by molar-refractivity contribution is 6.15. The molecule has 2 atom stereocenters. The summed E-state index contributed by atoms with van der Waals surface area (Å²) in [5.41, 5.74) is 2.86. The SMILES string of the molecule is CCCN1C(=O)[C@H]2CCC(=O)N2c2ccc(C(=O)N[C@H](C)c3ccccc3)cc21. The molecular weight excluding hydrogens is 366 g/mol. The van der Waals surface area contributed by atoms with E-state index in [9.17, 15) is 14.4 Å². The summed E-state index contributed by atoms with van der Waals surface area (Å²) in [6.45, 7) is 4.51. The van der Waals surface area contributed by atoms with E-state index < -0.39 is 6.04 Å². The molecule has 0 spiro atoms. The van der Waals surface area contributed by atoms with Gasteiger partial charge in [-0.1, -0.05) is 37.3 Å². The molecule has 2 aromatic carbocycles. The zero-order valence-corrected chi connectivity index (χ0v) is 16.7. The number of rotatable bonds is 5. The van der Waals surface area contributed by atoms with E-state index in [2.05, 4.69) is 5.32 Å². The summed E-state index contributed by atoms with van der Waals surface area (Å²) in [7, 11) is 0. The standard InChI is InChI=1S/C23H25N3O3/c1-3-13-25-20-14-17(22(28)24-15(2)16-7-5-4-6-8-16)9-10-18(20)26-19(23(25)29)11-12-21(26)27/h4-10,14-15,19H,3,11-13H2,1-2H3,(H,24,28)/t15-,19-/m1/s1. The van der Waals surface area contributed by atoms with Crippen LogP contribution in [0, 0.1) is 0 Å². The van der Waals surface area contributed by atoms with E-state index in [0.29, 0.717) is 30.6 Å². The van der Waals surface area contributed by atoms with Gasteiger partial charge in [0.05, 0.1) is 17.4 Å². The molecule has 0 saturated carbocycles. The van der Waals surface area contributed by atoms with E-state index >= 15 is 0 Å². The fourth-order valence-electron chi connectivity index (χ4n) is 4.16. The van der Waals surface area contributed by atoms with Gasteiger partial charge in [-0.15, -0.1) is 0 Å². The van der Waals surface area contributed by atoms with Gasteiger partial charge in [-0.3, -0.25) is 19.3 Å². The summed E-state index contributed by atoms with van der Waals surface area (Å²) in [6, 6.07) is 14.5. The molecule has 1 fully saturated rings. The normalized spacial score (nSPS) is 19.0. The summed E-state index contributed by atoms with van der Waals surface area (Å²) in [6.07, 6.45) is 1.73. The summed E-state index contributed by atoms with van der Waals surface area (Å²) in [4.78, 5) is 41.6. The third-order valence-corrected chi connectivity index (χ3v) is 5.65. The van der Waals surface area contributed by atoms with E-state index in [1.54, 1.807) is 28.0 Å². The predicted molar refractivity (Wildman–Crippen MR) is 112 cm³/mol. The number of anilines is 2. The molecule has 2 aliphatic rings. The zero-order valence-electron chi connectivity index (χ0n) is 16.7. The number of nitrogens with one attached hydrogen (secondary N) is 1. The fourth-order valence-corrected chi connectivity index (χ4v) is 4.16. The molecule has 1 N–H and O–H groups in total. The van der Waals surface area contributed by atoms with Crippen LogP contribution < -0.4 is 15.1 Å². The van der Waals surface area contributed by atoms with Crippen molar-refractivity contribution in [2.75, 3.05) is 16.3 Å². The van der Waals surface area contributed by atoms with Crippen LogP contribution in [0.5, 0.6) is 0 Å². The topological polar surface area (TPSA) is 69.7 Å². The largest absolute Gasteiger partial charge is 0.346 e. The molecule has 6 nitrogen and oxygen atoms in total. The lowest BCUT2D eigenvalue weighted by molar-refractivity contribution is -0.122. The van der Waals surface area contributed by atoms with Crippen LogP contribution in [0.1, 0.15) is 55.1 Å². The first kappa shape index (κ1) is 19.2. The van der Waals surface area contributed by atoms with Gasteiger partial charge < -0.3 is 10.2 Å². The molecule has 0 aliphatic carbocycles. The molecule has 0 radical (unpaired) electrons. The number of benzene rings is 2. The van der Waals surface area contributed by atoms with Gasteiger partial charge in [-0.2, -0.15) is 0 Å². The minimum Gasteiger partial charge on any atom is -0.346 e. The second kappa shape index (κ2) is 7.70. The van der Waals surface area contributed by atoms with Gasteiger partial charge in [0, 0.05) is 18.5 Å². The van der Waals surface area contributed by atoms with E-state index in [4.69, 9.17) is 0 Å². The van der Waals surface area contributed by atoms with E-state index in [1.807, 2.05) is 44.2 Å². The number of nitrogens with zero attached hydrogens (tertiary/aromatic N) is 2. The number of carbonyl (C=O) groups is 3. The Labute approximate surface area is 170 Å². The van der Waals surface area contributed by atoms with Crippen LogP contribution >= 0.6 is 0 Å². The summed E-state index contributed by atoms with van der Waals surface area (Å²) >= 11 is 0. The Kier molecular flexibility index (Phi) is 5.09. The quantitative estimate of drug-likeness (QED) is 0.849.